The maximum Gasteiger partial charge on any atom is 0.177 e. The van der Waals surface area contributed by atoms with Gasteiger partial charge in [0.05, 0.1) is 5.69 Å². The van der Waals surface area contributed by atoms with Gasteiger partial charge < -0.3 is 0 Å². The van der Waals surface area contributed by atoms with Gasteiger partial charge in [-0.2, -0.15) is 0 Å². The summed E-state index contributed by atoms with van der Waals surface area (Å²) in [6.07, 6.45) is 1.98. The molecule has 0 atom stereocenters. The van der Waals surface area contributed by atoms with Crippen molar-refractivity contribution < 1.29 is 4.39 Å². The van der Waals surface area contributed by atoms with Gasteiger partial charge in [0.25, 0.3) is 0 Å². The maximum absolute atomic E-state index is 13.4. The quantitative estimate of drug-likeness (QED) is 0.713. The Morgan fingerprint density at radius 2 is 2.00 bits per heavy atom. The maximum atomic E-state index is 13.4. The van der Waals surface area contributed by atoms with Gasteiger partial charge >= 0.3 is 0 Å². The van der Waals surface area contributed by atoms with Gasteiger partial charge in [0.2, 0.25) is 0 Å². The summed E-state index contributed by atoms with van der Waals surface area (Å²) in [5.41, 5.74) is 0.503. The average molecular weight is 247 g/mol. The van der Waals surface area contributed by atoms with Gasteiger partial charge in [0.1, 0.15) is 10.9 Å². The van der Waals surface area contributed by atoms with E-state index in [1.165, 1.54) is 6.33 Å². The molecule has 0 saturated heterocycles. The molecule has 0 aliphatic heterocycles. The van der Waals surface area contributed by atoms with Gasteiger partial charge in [-0.1, -0.05) is 20.8 Å². The molecule has 4 heteroatoms. The first-order valence-corrected chi connectivity index (χ1v) is 4.84. The summed E-state index contributed by atoms with van der Waals surface area (Å²) in [5, 5.41) is 0. The predicted molar refractivity (Wildman–Crippen MR) is 52.8 cm³/mol. The standard InChI is InChI=1S/C9H12BrFN2/c1-9(2,3)4-6-7(11)8(10)13-5-12-6/h5H,4H2,1-3H3. The Hall–Kier alpha value is -0.510. The lowest BCUT2D eigenvalue weighted by atomic mass is 9.90. The summed E-state index contributed by atoms with van der Waals surface area (Å²) < 4.78 is 13.6. The molecule has 0 N–H and O–H groups in total. The van der Waals surface area contributed by atoms with Gasteiger partial charge in [-0.15, -0.1) is 0 Å². The third-order valence-electron chi connectivity index (χ3n) is 1.52. The molecular weight excluding hydrogens is 235 g/mol. The molecular formula is C9H12BrFN2. The van der Waals surface area contributed by atoms with Crippen LogP contribution in [0.25, 0.3) is 0 Å². The minimum atomic E-state index is -0.350. The minimum Gasteiger partial charge on any atom is -0.238 e. The molecule has 1 rings (SSSR count). The molecule has 0 aliphatic carbocycles. The number of rotatable bonds is 1. The van der Waals surface area contributed by atoms with Crippen LogP contribution in [-0.4, -0.2) is 9.97 Å². The molecule has 0 amide bonds. The smallest absolute Gasteiger partial charge is 0.177 e. The molecule has 0 aromatic carbocycles. The van der Waals surface area contributed by atoms with Crippen LogP contribution in [0.15, 0.2) is 10.9 Å². The second kappa shape index (κ2) is 3.70. The summed E-state index contributed by atoms with van der Waals surface area (Å²) in [5.74, 6) is -0.350. The number of hydrogen-bond donors (Lipinski definition) is 0. The van der Waals surface area contributed by atoms with E-state index in [0.717, 1.165) is 0 Å². The lowest BCUT2D eigenvalue weighted by Crippen LogP contribution is -2.12. The van der Waals surface area contributed by atoms with E-state index in [4.69, 9.17) is 0 Å². The van der Waals surface area contributed by atoms with Gasteiger partial charge in [0.15, 0.2) is 5.82 Å². The SMILES string of the molecule is CC(C)(C)Cc1ncnc(Br)c1F. The number of nitrogens with zero attached hydrogens (tertiary/aromatic N) is 2. The molecule has 2 nitrogen and oxygen atoms in total. The van der Waals surface area contributed by atoms with Crippen LogP contribution >= 0.6 is 15.9 Å². The van der Waals surface area contributed by atoms with Crippen molar-refractivity contribution in [2.45, 2.75) is 27.2 Å². The third-order valence-corrected chi connectivity index (χ3v) is 2.07. The summed E-state index contributed by atoms with van der Waals surface area (Å²) in [7, 11) is 0. The van der Waals surface area contributed by atoms with Crippen LogP contribution in [0.5, 0.6) is 0 Å². The van der Waals surface area contributed by atoms with Crippen LogP contribution in [0.1, 0.15) is 26.5 Å². The van der Waals surface area contributed by atoms with Crippen LogP contribution in [0.3, 0.4) is 0 Å². The molecule has 0 bridgehead atoms. The Morgan fingerprint density at radius 3 is 2.54 bits per heavy atom. The van der Waals surface area contributed by atoms with Gasteiger partial charge in [-0.3, -0.25) is 0 Å². The molecule has 0 spiro atoms. The van der Waals surface area contributed by atoms with Crippen molar-refractivity contribution in [3.63, 3.8) is 0 Å². The summed E-state index contributed by atoms with van der Waals surface area (Å²) in [6.45, 7) is 6.13. The molecule has 72 valence electrons. The molecule has 13 heavy (non-hydrogen) atoms. The Bertz CT molecular complexity index is 307. The monoisotopic (exact) mass is 246 g/mol. The summed E-state index contributed by atoms with van der Waals surface area (Å²) in [4.78, 5) is 7.61. The van der Waals surface area contributed by atoms with Crippen molar-refractivity contribution in [2.75, 3.05) is 0 Å². The van der Waals surface area contributed by atoms with Crippen molar-refractivity contribution in [1.82, 2.24) is 9.97 Å². The Balaban J connectivity index is 2.96. The Labute approximate surface area is 85.7 Å². The fraction of sp³-hybridized carbons (Fsp3) is 0.556. The van der Waals surface area contributed by atoms with Gasteiger partial charge in [-0.25, -0.2) is 14.4 Å². The van der Waals surface area contributed by atoms with Crippen molar-refractivity contribution >= 4 is 15.9 Å². The molecule has 0 fully saturated rings. The van der Waals surface area contributed by atoms with E-state index in [9.17, 15) is 4.39 Å². The average Bonchev–Trinajstić information content (AvgIpc) is 1.96. The van der Waals surface area contributed by atoms with Gasteiger partial charge in [0, 0.05) is 0 Å². The summed E-state index contributed by atoms with van der Waals surface area (Å²) in [6, 6.07) is 0. The van der Waals surface area contributed by atoms with Crippen molar-refractivity contribution in [1.29, 1.82) is 0 Å². The van der Waals surface area contributed by atoms with Crippen molar-refractivity contribution in [3.8, 4) is 0 Å². The predicted octanol–water partition coefficient (Wildman–Crippen LogP) is 2.97. The van der Waals surface area contributed by atoms with Crippen LogP contribution in [0.2, 0.25) is 0 Å². The highest BCUT2D eigenvalue weighted by atomic mass is 79.9. The van der Waals surface area contributed by atoms with E-state index in [0.29, 0.717) is 12.1 Å². The topological polar surface area (TPSA) is 25.8 Å². The van der Waals surface area contributed by atoms with Crippen molar-refractivity contribution in [3.05, 3.63) is 22.4 Å². The lowest BCUT2D eigenvalue weighted by Gasteiger charge is -2.17. The number of halogens is 2. The fourth-order valence-corrected chi connectivity index (χ4v) is 1.33. The summed E-state index contributed by atoms with van der Waals surface area (Å²) >= 11 is 3.03. The Kier molecular flexibility index (Phi) is 3.01. The second-order valence-electron chi connectivity index (χ2n) is 4.16. The van der Waals surface area contributed by atoms with E-state index in [2.05, 4.69) is 25.9 Å². The molecule has 0 radical (unpaired) electrons. The highest BCUT2D eigenvalue weighted by Crippen LogP contribution is 2.23. The van der Waals surface area contributed by atoms with Crippen LogP contribution in [0, 0.1) is 11.2 Å². The molecule has 0 saturated carbocycles. The second-order valence-corrected chi connectivity index (χ2v) is 4.91. The van der Waals surface area contributed by atoms with E-state index in [1.807, 2.05) is 20.8 Å². The third kappa shape index (κ3) is 3.03. The largest absolute Gasteiger partial charge is 0.238 e. The van der Waals surface area contributed by atoms with Crippen LogP contribution < -0.4 is 0 Å². The first-order valence-electron chi connectivity index (χ1n) is 4.05. The molecule has 0 unspecified atom stereocenters. The molecule has 0 aliphatic rings. The van der Waals surface area contributed by atoms with Crippen LogP contribution in [0.4, 0.5) is 4.39 Å². The first-order chi connectivity index (χ1) is 5.90. The first kappa shape index (κ1) is 10.6. The van der Waals surface area contributed by atoms with E-state index >= 15 is 0 Å². The molecule has 1 aromatic rings. The molecule has 1 heterocycles. The minimum absolute atomic E-state index is 0.0363. The van der Waals surface area contributed by atoms with E-state index in [-0.39, 0.29) is 15.8 Å². The highest BCUT2D eigenvalue weighted by Gasteiger charge is 2.17. The van der Waals surface area contributed by atoms with Crippen molar-refractivity contribution in [2.24, 2.45) is 5.41 Å². The van der Waals surface area contributed by atoms with Gasteiger partial charge in [-0.05, 0) is 27.8 Å². The zero-order chi connectivity index (χ0) is 10.1. The molecule has 1 aromatic heterocycles. The highest BCUT2D eigenvalue weighted by molar-refractivity contribution is 9.10. The van der Waals surface area contributed by atoms with E-state index < -0.39 is 0 Å². The lowest BCUT2D eigenvalue weighted by molar-refractivity contribution is 0.394. The van der Waals surface area contributed by atoms with E-state index in [1.54, 1.807) is 0 Å². The zero-order valence-corrected chi connectivity index (χ0v) is 9.52. The Morgan fingerprint density at radius 1 is 1.38 bits per heavy atom. The number of hydrogen-bond acceptors (Lipinski definition) is 2. The normalized spacial score (nSPS) is 11.8. The van der Waals surface area contributed by atoms with Crippen LogP contribution in [-0.2, 0) is 6.42 Å². The zero-order valence-electron chi connectivity index (χ0n) is 7.93. The fourth-order valence-electron chi connectivity index (χ4n) is 1.01. The number of aromatic nitrogens is 2.